The molecular formula is C19H32N4O2S. The van der Waals surface area contributed by atoms with Crippen molar-refractivity contribution < 1.29 is 9.59 Å². The van der Waals surface area contributed by atoms with E-state index in [0.29, 0.717) is 12.3 Å². The number of rotatable bonds is 11. The molecule has 0 aliphatic rings. The zero-order valence-electron chi connectivity index (χ0n) is 16.4. The number of nitrogens with one attached hydrogen (secondary N) is 2. The Kier molecular flexibility index (Phi) is 9.08. The highest BCUT2D eigenvalue weighted by atomic mass is 32.1. The van der Waals surface area contributed by atoms with Crippen molar-refractivity contribution in [2.45, 2.75) is 66.0 Å². The summed E-state index contributed by atoms with van der Waals surface area (Å²) in [4.78, 5) is 32.6. The Morgan fingerprint density at radius 1 is 1.23 bits per heavy atom. The molecule has 0 radical (unpaired) electrons. The van der Waals surface area contributed by atoms with Gasteiger partial charge in [-0.25, -0.2) is 4.98 Å². The van der Waals surface area contributed by atoms with Crippen LogP contribution in [0.2, 0.25) is 0 Å². The zero-order chi connectivity index (χ0) is 19.9. The van der Waals surface area contributed by atoms with Crippen LogP contribution in [0.5, 0.6) is 0 Å². The van der Waals surface area contributed by atoms with E-state index in [2.05, 4.69) is 29.1 Å². The van der Waals surface area contributed by atoms with Crippen LogP contribution in [0.3, 0.4) is 0 Å². The van der Waals surface area contributed by atoms with Gasteiger partial charge in [0.25, 0.3) is 0 Å². The predicted octanol–water partition coefficient (Wildman–Crippen LogP) is 2.43. The maximum absolute atomic E-state index is 12.5. The zero-order valence-corrected chi connectivity index (χ0v) is 17.2. The molecule has 0 spiro atoms. The Labute approximate surface area is 161 Å². The van der Waals surface area contributed by atoms with Crippen LogP contribution in [0, 0.1) is 17.8 Å². The molecule has 1 rings (SSSR count). The lowest BCUT2D eigenvalue weighted by Crippen LogP contribution is -2.46. The van der Waals surface area contributed by atoms with Crippen molar-refractivity contribution in [1.82, 2.24) is 15.3 Å². The van der Waals surface area contributed by atoms with E-state index in [1.54, 1.807) is 19.4 Å². The lowest BCUT2D eigenvalue weighted by molar-refractivity contribution is -0.129. The fraction of sp³-hybridized carbons (Fsp3) is 0.684. The molecule has 146 valence electrons. The van der Waals surface area contributed by atoms with Gasteiger partial charge < -0.3 is 16.0 Å². The number of aromatic nitrogens is 2. The maximum Gasteiger partial charge on any atom is 0.223 e. The van der Waals surface area contributed by atoms with Crippen molar-refractivity contribution in [1.29, 1.82) is 0 Å². The number of nitrogens with two attached hydrogens (primary N) is 1. The van der Waals surface area contributed by atoms with E-state index in [4.69, 9.17) is 18.0 Å². The van der Waals surface area contributed by atoms with Gasteiger partial charge in [-0.05, 0) is 18.3 Å². The highest BCUT2D eigenvalue weighted by Crippen LogP contribution is 2.14. The highest BCUT2D eigenvalue weighted by molar-refractivity contribution is 7.80. The molecule has 1 aromatic heterocycles. The number of thiocarbonyl (C=S) groups is 1. The molecule has 7 heteroatoms. The van der Waals surface area contributed by atoms with Gasteiger partial charge in [-0.1, -0.05) is 46.8 Å². The molecule has 0 aromatic carbocycles. The van der Waals surface area contributed by atoms with Crippen molar-refractivity contribution >= 4 is 28.8 Å². The summed E-state index contributed by atoms with van der Waals surface area (Å²) in [6.45, 7) is 10.0. The van der Waals surface area contributed by atoms with Gasteiger partial charge in [0, 0.05) is 35.5 Å². The van der Waals surface area contributed by atoms with Gasteiger partial charge in [-0.15, -0.1) is 0 Å². The molecular weight excluding hydrogens is 348 g/mol. The van der Waals surface area contributed by atoms with Crippen LogP contribution in [0.4, 0.5) is 0 Å². The number of H-pyrrole nitrogens is 1. The van der Waals surface area contributed by atoms with E-state index in [0.717, 1.165) is 17.0 Å². The van der Waals surface area contributed by atoms with Crippen LogP contribution < -0.4 is 11.1 Å². The van der Waals surface area contributed by atoms with E-state index < -0.39 is 12.0 Å². The molecule has 1 aromatic rings. The SMILES string of the molecule is CC(C)CC(=S)[C@@H](NC(=O)[C@H](C)CC(=O)[C@@H](N)Cc1cnc[nH]1)C(C)C. The molecule has 0 aliphatic heterocycles. The summed E-state index contributed by atoms with van der Waals surface area (Å²) in [6, 6.07) is -0.801. The first-order chi connectivity index (χ1) is 12.1. The molecule has 0 fully saturated rings. The van der Waals surface area contributed by atoms with Gasteiger partial charge in [0.1, 0.15) is 0 Å². The summed E-state index contributed by atoms with van der Waals surface area (Å²) >= 11 is 5.52. The smallest absolute Gasteiger partial charge is 0.223 e. The molecule has 1 heterocycles. The summed E-state index contributed by atoms with van der Waals surface area (Å²) in [7, 11) is 0. The van der Waals surface area contributed by atoms with Crippen molar-refractivity contribution in [3.63, 3.8) is 0 Å². The molecule has 4 N–H and O–H groups in total. The molecule has 0 saturated carbocycles. The minimum atomic E-state index is -0.645. The number of ketones is 1. The molecule has 0 unspecified atom stereocenters. The molecule has 0 bridgehead atoms. The van der Waals surface area contributed by atoms with Gasteiger partial charge in [-0.2, -0.15) is 0 Å². The lowest BCUT2D eigenvalue weighted by atomic mass is 9.93. The molecule has 26 heavy (non-hydrogen) atoms. The van der Waals surface area contributed by atoms with Gasteiger partial charge >= 0.3 is 0 Å². The standard InChI is InChI=1S/C19H32N4O2S/c1-11(2)6-17(26)18(12(3)4)23-19(25)13(5)7-16(24)15(20)8-14-9-21-10-22-14/h9-13,15,18H,6-8,20H2,1-5H3,(H,21,22)(H,23,25)/t13-,15+,18+/m1/s1. The largest absolute Gasteiger partial charge is 0.348 e. The Morgan fingerprint density at radius 3 is 2.38 bits per heavy atom. The Hall–Kier alpha value is -1.60. The third-order valence-electron chi connectivity index (χ3n) is 4.28. The van der Waals surface area contributed by atoms with Crippen molar-refractivity contribution in [2.75, 3.05) is 0 Å². The average Bonchev–Trinajstić information content (AvgIpc) is 3.03. The summed E-state index contributed by atoms with van der Waals surface area (Å²) < 4.78 is 0. The number of hydrogen-bond donors (Lipinski definition) is 3. The predicted molar refractivity (Wildman–Crippen MR) is 108 cm³/mol. The number of amides is 1. The third kappa shape index (κ3) is 7.33. The molecule has 6 nitrogen and oxygen atoms in total. The average molecular weight is 381 g/mol. The first-order valence-electron chi connectivity index (χ1n) is 9.20. The monoisotopic (exact) mass is 380 g/mol. The van der Waals surface area contributed by atoms with E-state index in [1.165, 1.54) is 0 Å². The number of aromatic amines is 1. The number of imidazole rings is 1. The Bertz CT molecular complexity index is 599. The first kappa shape index (κ1) is 22.4. The van der Waals surface area contributed by atoms with Crippen LogP contribution in [-0.4, -0.2) is 38.6 Å². The Balaban J connectivity index is 2.58. The second-order valence-corrected chi connectivity index (χ2v) is 8.28. The second kappa shape index (κ2) is 10.5. The van der Waals surface area contributed by atoms with E-state index in [9.17, 15) is 9.59 Å². The summed E-state index contributed by atoms with van der Waals surface area (Å²) in [5, 5.41) is 3.02. The molecule has 1 amide bonds. The molecule has 0 saturated heterocycles. The first-order valence-corrected chi connectivity index (χ1v) is 9.61. The van der Waals surface area contributed by atoms with E-state index >= 15 is 0 Å². The van der Waals surface area contributed by atoms with E-state index in [1.807, 2.05) is 13.8 Å². The van der Waals surface area contributed by atoms with E-state index in [-0.39, 0.29) is 30.1 Å². The van der Waals surface area contributed by atoms with Crippen molar-refractivity contribution in [2.24, 2.45) is 23.5 Å². The van der Waals surface area contributed by atoms with Gasteiger partial charge in [0.2, 0.25) is 5.91 Å². The number of Topliss-reactive ketones (excluding diaryl/α,β-unsaturated/α-hetero) is 1. The molecule has 3 atom stereocenters. The summed E-state index contributed by atoms with van der Waals surface area (Å²) in [5.74, 6) is -0.0840. The number of nitrogens with zero attached hydrogens (tertiary/aromatic N) is 1. The minimum absolute atomic E-state index is 0.114. The third-order valence-corrected chi connectivity index (χ3v) is 4.70. The quantitative estimate of drug-likeness (QED) is 0.512. The number of carbonyl (C=O) groups excluding carboxylic acids is 2. The van der Waals surface area contributed by atoms with Crippen LogP contribution in [0.15, 0.2) is 12.5 Å². The van der Waals surface area contributed by atoms with Crippen molar-refractivity contribution in [3.05, 3.63) is 18.2 Å². The van der Waals surface area contributed by atoms with Crippen LogP contribution in [-0.2, 0) is 16.0 Å². The fourth-order valence-electron chi connectivity index (χ4n) is 2.74. The maximum atomic E-state index is 12.5. The van der Waals surface area contributed by atoms with Gasteiger partial charge in [0.05, 0.1) is 18.4 Å². The van der Waals surface area contributed by atoms with Gasteiger partial charge in [0.15, 0.2) is 5.78 Å². The topological polar surface area (TPSA) is 101 Å². The van der Waals surface area contributed by atoms with Crippen LogP contribution in [0.1, 0.15) is 53.2 Å². The van der Waals surface area contributed by atoms with Crippen LogP contribution >= 0.6 is 12.2 Å². The Morgan fingerprint density at radius 2 is 1.88 bits per heavy atom. The van der Waals surface area contributed by atoms with Gasteiger partial charge in [-0.3, -0.25) is 9.59 Å². The summed E-state index contributed by atoms with van der Waals surface area (Å²) in [6.07, 6.45) is 4.49. The van der Waals surface area contributed by atoms with Crippen LogP contribution in [0.25, 0.3) is 0 Å². The molecule has 0 aliphatic carbocycles. The lowest BCUT2D eigenvalue weighted by Gasteiger charge is -2.26. The highest BCUT2D eigenvalue weighted by Gasteiger charge is 2.26. The minimum Gasteiger partial charge on any atom is -0.348 e. The number of hydrogen-bond acceptors (Lipinski definition) is 5. The normalized spacial score (nSPS) is 14.9. The second-order valence-electron chi connectivity index (χ2n) is 7.75. The van der Waals surface area contributed by atoms with Crippen molar-refractivity contribution in [3.8, 4) is 0 Å². The summed E-state index contributed by atoms with van der Waals surface area (Å²) in [5.41, 5.74) is 6.77. The number of carbonyl (C=O) groups is 2. The fourth-order valence-corrected chi connectivity index (χ4v) is 3.40.